The number of ether oxygens (including phenoxy) is 1. The molecule has 7 nitrogen and oxygen atoms in total. The monoisotopic (exact) mass is 580 g/mol. The summed E-state index contributed by atoms with van der Waals surface area (Å²) in [5.41, 5.74) is -1.34. The van der Waals surface area contributed by atoms with Crippen LogP contribution in [0.15, 0.2) is 65.6 Å². The molecule has 1 amide bonds. The zero-order valence-electron chi connectivity index (χ0n) is 20.5. The Kier molecular flexibility index (Phi) is 7.02. The van der Waals surface area contributed by atoms with Crippen LogP contribution in [0.4, 0.5) is 27.6 Å². The molecule has 0 radical (unpaired) electrons. The number of hydrogen-bond donors (Lipinski definition) is 1. The second-order valence-corrected chi connectivity index (χ2v) is 11.4. The van der Waals surface area contributed by atoms with E-state index in [0.29, 0.717) is 6.07 Å². The van der Waals surface area contributed by atoms with E-state index >= 15 is 0 Å². The molecular weight excluding hydrogens is 559 g/mol. The summed E-state index contributed by atoms with van der Waals surface area (Å²) in [5.74, 6) is -2.45. The van der Waals surface area contributed by atoms with Crippen molar-refractivity contribution in [2.75, 3.05) is 17.4 Å². The van der Waals surface area contributed by atoms with E-state index in [2.05, 4.69) is 5.32 Å². The number of alkyl halides is 3. The molecule has 0 aromatic heterocycles. The number of nitrogens with one attached hydrogen (secondary N) is 1. The van der Waals surface area contributed by atoms with Crippen molar-refractivity contribution in [3.05, 3.63) is 77.9 Å². The van der Waals surface area contributed by atoms with E-state index in [-0.39, 0.29) is 47.7 Å². The first kappa shape index (κ1) is 27.6. The molecule has 1 N–H and O–H groups in total. The number of hydrogen-bond acceptors (Lipinski definition) is 5. The van der Waals surface area contributed by atoms with Crippen LogP contribution >= 0.6 is 0 Å². The van der Waals surface area contributed by atoms with Gasteiger partial charge in [-0.25, -0.2) is 17.2 Å². The highest BCUT2D eigenvalue weighted by atomic mass is 32.2. The largest absolute Gasteiger partial charge is 0.484 e. The van der Waals surface area contributed by atoms with Gasteiger partial charge >= 0.3 is 6.18 Å². The van der Waals surface area contributed by atoms with Crippen molar-refractivity contribution in [3.63, 3.8) is 0 Å². The van der Waals surface area contributed by atoms with Gasteiger partial charge in [0.1, 0.15) is 29.3 Å². The first-order valence-corrected chi connectivity index (χ1v) is 13.5. The molecule has 40 heavy (non-hydrogen) atoms. The maximum atomic E-state index is 14.5. The van der Waals surface area contributed by atoms with Crippen molar-refractivity contribution in [1.82, 2.24) is 5.32 Å². The quantitative estimate of drug-likeness (QED) is 0.427. The van der Waals surface area contributed by atoms with Gasteiger partial charge in [0.05, 0.1) is 35.2 Å². The maximum Gasteiger partial charge on any atom is 0.416 e. The third-order valence-electron chi connectivity index (χ3n) is 6.70. The summed E-state index contributed by atoms with van der Waals surface area (Å²) in [6, 6.07) is 9.94. The SMILES string of the molecule is O=C1CC(C(=O)NC[C@H]2CN(S(=O)(=O)c3cccc(C(F)(F)F)c3)c3cc(-c4cc(F)ccc4F)ccc3O2)C1. The Labute approximate surface area is 225 Å². The van der Waals surface area contributed by atoms with Crippen LogP contribution in [-0.2, 0) is 25.8 Å². The molecule has 5 rings (SSSR count). The van der Waals surface area contributed by atoms with E-state index in [0.717, 1.165) is 40.7 Å². The van der Waals surface area contributed by atoms with Crippen LogP contribution in [-0.4, -0.2) is 39.3 Å². The van der Waals surface area contributed by atoms with Crippen LogP contribution in [0, 0.1) is 17.6 Å². The van der Waals surface area contributed by atoms with Gasteiger partial charge in [0, 0.05) is 18.4 Å². The van der Waals surface area contributed by atoms with E-state index in [1.165, 1.54) is 18.2 Å². The zero-order valence-corrected chi connectivity index (χ0v) is 21.4. The second kappa shape index (κ2) is 10.2. The van der Waals surface area contributed by atoms with Gasteiger partial charge in [0.2, 0.25) is 5.91 Å². The normalized spacial score (nSPS) is 17.6. The van der Waals surface area contributed by atoms with Crippen LogP contribution in [0.2, 0.25) is 0 Å². The number of benzene rings is 3. The summed E-state index contributed by atoms with van der Waals surface area (Å²) in [5, 5.41) is 2.62. The van der Waals surface area contributed by atoms with Crippen LogP contribution in [0.1, 0.15) is 18.4 Å². The van der Waals surface area contributed by atoms with Gasteiger partial charge in [-0.05, 0) is 54.1 Å². The average molecular weight is 581 g/mol. The third kappa shape index (κ3) is 5.37. The van der Waals surface area contributed by atoms with E-state index < -0.39 is 62.8 Å². The highest BCUT2D eigenvalue weighted by molar-refractivity contribution is 7.92. The van der Waals surface area contributed by atoms with E-state index in [9.17, 15) is 40.0 Å². The van der Waals surface area contributed by atoms with Crippen LogP contribution in [0.5, 0.6) is 5.75 Å². The lowest BCUT2D eigenvalue weighted by Crippen LogP contribution is -2.50. The molecule has 1 saturated carbocycles. The first-order chi connectivity index (χ1) is 18.8. The molecule has 3 aromatic rings. The van der Waals surface area contributed by atoms with Gasteiger partial charge in [0.15, 0.2) is 0 Å². The second-order valence-electron chi connectivity index (χ2n) is 9.50. The Bertz CT molecular complexity index is 1600. The summed E-state index contributed by atoms with van der Waals surface area (Å²) in [6.45, 7) is -0.567. The molecule has 0 spiro atoms. The number of nitrogens with zero attached hydrogens (tertiary/aromatic N) is 1. The molecule has 13 heteroatoms. The number of sulfonamides is 1. The topological polar surface area (TPSA) is 92.8 Å². The Morgan fingerprint density at radius 2 is 1.77 bits per heavy atom. The lowest BCUT2D eigenvalue weighted by atomic mass is 9.83. The Balaban J connectivity index is 1.53. The summed E-state index contributed by atoms with van der Waals surface area (Å²) >= 11 is 0. The summed E-state index contributed by atoms with van der Waals surface area (Å²) < 4.78 is 103. The lowest BCUT2D eigenvalue weighted by Gasteiger charge is -2.36. The van der Waals surface area contributed by atoms with Gasteiger partial charge in [0.25, 0.3) is 10.0 Å². The highest BCUT2D eigenvalue weighted by Gasteiger charge is 2.38. The zero-order chi connectivity index (χ0) is 28.8. The van der Waals surface area contributed by atoms with Gasteiger partial charge in [-0.2, -0.15) is 13.2 Å². The molecule has 1 fully saturated rings. The Hall–Kier alpha value is -4.00. The minimum Gasteiger partial charge on any atom is -0.484 e. The number of Topliss-reactive ketones (excluding diaryl/α,β-unsaturated/α-hetero) is 1. The maximum absolute atomic E-state index is 14.5. The number of carbonyl (C=O) groups is 2. The number of amides is 1. The smallest absolute Gasteiger partial charge is 0.416 e. The highest BCUT2D eigenvalue weighted by Crippen LogP contribution is 2.41. The van der Waals surface area contributed by atoms with Crippen molar-refractivity contribution >= 4 is 27.4 Å². The van der Waals surface area contributed by atoms with Gasteiger partial charge in [-0.15, -0.1) is 0 Å². The number of ketones is 1. The molecule has 0 unspecified atom stereocenters. The fourth-order valence-corrected chi connectivity index (χ4v) is 6.07. The predicted octanol–water partition coefficient (Wildman–Crippen LogP) is 4.70. The molecule has 1 heterocycles. The van der Waals surface area contributed by atoms with Gasteiger partial charge in [-0.3, -0.25) is 13.9 Å². The molecule has 2 aliphatic rings. The fraction of sp³-hybridized carbons (Fsp3) is 0.259. The molecule has 3 aromatic carbocycles. The Morgan fingerprint density at radius 1 is 1.02 bits per heavy atom. The fourth-order valence-electron chi connectivity index (χ4n) is 4.53. The van der Waals surface area contributed by atoms with Crippen molar-refractivity contribution in [3.8, 4) is 16.9 Å². The summed E-state index contributed by atoms with van der Waals surface area (Å²) in [7, 11) is -4.64. The molecule has 0 bridgehead atoms. The minimum absolute atomic E-state index is 0.000401. The lowest BCUT2D eigenvalue weighted by molar-refractivity contribution is -0.138. The number of fused-ring (bicyclic) bond motifs is 1. The van der Waals surface area contributed by atoms with Crippen molar-refractivity contribution < 1.29 is 44.7 Å². The Morgan fingerprint density at radius 3 is 2.48 bits per heavy atom. The summed E-state index contributed by atoms with van der Waals surface area (Å²) in [4.78, 5) is 22.9. The number of anilines is 1. The van der Waals surface area contributed by atoms with Crippen molar-refractivity contribution in [1.29, 1.82) is 0 Å². The first-order valence-electron chi connectivity index (χ1n) is 12.1. The van der Waals surface area contributed by atoms with Gasteiger partial charge < -0.3 is 10.1 Å². The summed E-state index contributed by atoms with van der Waals surface area (Å²) in [6.07, 6.45) is -5.54. The molecule has 1 atom stereocenters. The van der Waals surface area contributed by atoms with Gasteiger partial charge in [-0.1, -0.05) is 12.1 Å². The number of halogens is 5. The van der Waals surface area contributed by atoms with Crippen molar-refractivity contribution in [2.45, 2.75) is 30.0 Å². The average Bonchev–Trinajstić information content (AvgIpc) is 2.90. The molecular formula is C27H21F5N2O5S. The van der Waals surface area contributed by atoms with Crippen LogP contribution < -0.4 is 14.4 Å². The van der Waals surface area contributed by atoms with Crippen LogP contribution in [0.3, 0.4) is 0 Å². The van der Waals surface area contributed by atoms with E-state index in [4.69, 9.17) is 4.74 Å². The molecule has 210 valence electrons. The third-order valence-corrected chi connectivity index (χ3v) is 8.48. The van der Waals surface area contributed by atoms with E-state index in [1.807, 2.05) is 0 Å². The van der Waals surface area contributed by atoms with Crippen molar-refractivity contribution in [2.24, 2.45) is 5.92 Å². The molecule has 1 aliphatic carbocycles. The predicted molar refractivity (Wildman–Crippen MR) is 133 cm³/mol. The minimum atomic E-state index is -4.80. The molecule has 0 saturated heterocycles. The number of rotatable bonds is 6. The molecule has 1 aliphatic heterocycles. The van der Waals surface area contributed by atoms with E-state index in [1.54, 1.807) is 0 Å². The standard InChI is InChI=1S/C27H21F5N2O5S/c28-18-5-6-23(29)22(12-18)15-4-7-25-24(10-15)34(14-20(39-25)13-33-26(36)16-8-19(35)9-16)40(37,38)21-3-1-2-17(11-21)27(30,31)32/h1-7,10-12,16,20H,8-9,13-14H2,(H,33,36)/t20-/m0/s1. The number of carbonyl (C=O) groups excluding carboxylic acids is 2. The van der Waals surface area contributed by atoms with Crippen LogP contribution in [0.25, 0.3) is 11.1 Å².